The van der Waals surface area contributed by atoms with Gasteiger partial charge in [0.15, 0.2) is 0 Å². The van der Waals surface area contributed by atoms with Crippen molar-refractivity contribution >= 4 is 15.9 Å². The normalized spacial score (nSPS) is 24.4. The van der Waals surface area contributed by atoms with Crippen molar-refractivity contribution in [2.24, 2.45) is 5.92 Å². The standard InChI is InChI=1S/C18H29BrN2/c1-4-10-20-18(16-5-7-17(19)8-6-16)9-11-21-13-14(2)12-15(21)3/h5-8,14-15,18,20H,4,9-13H2,1-3H3. The molecule has 0 spiro atoms. The molecule has 1 aromatic carbocycles. The predicted octanol–water partition coefficient (Wildman–Crippen LogP) is 4.61. The van der Waals surface area contributed by atoms with Crippen molar-refractivity contribution in [3.8, 4) is 0 Å². The molecule has 0 aliphatic carbocycles. The first kappa shape index (κ1) is 17.0. The van der Waals surface area contributed by atoms with Gasteiger partial charge in [0, 0.05) is 29.6 Å². The molecular weight excluding hydrogens is 324 g/mol. The zero-order valence-corrected chi connectivity index (χ0v) is 15.2. The molecule has 1 aliphatic heterocycles. The van der Waals surface area contributed by atoms with Gasteiger partial charge in [0.05, 0.1) is 0 Å². The summed E-state index contributed by atoms with van der Waals surface area (Å²) in [5, 5.41) is 3.71. The van der Waals surface area contributed by atoms with Gasteiger partial charge in [-0.1, -0.05) is 41.9 Å². The van der Waals surface area contributed by atoms with Crippen LogP contribution in [-0.2, 0) is 0 Å². The molecule has 0 amide bonds. The van der Waals surface area contributed by atoms with E-state index in [1.165, 1.54) is 37.9 Å². The monoisotopic (exact) mass is 352 g/mol. The maximum absolute atomic E-state index is 3.71. The first-order valence-electron chi connectivity index (χ1n) is 8.33. The van der Waals surface area contributed by atoms with E-state index < -0.39 is 0 Å². The minimum atomic E-state index is 0.473. The molecule has 21 heavy (non-hydrogen) atoms. The molecule has 3 atom stereocenters. The fraction of sp³-hybridized carbons (Fsp3) is 0.667. The highest BCUT2D eigenvalue weighted by Crippen LogP contribution is 2.25. The Labute approximate surface area is 138 Å². The topological polar surface area (TPSA) is 15.3 Å². The van der Waals surface area contributed by atoms with E-state index in [1.54, 1.807) is 0 Å². The Bertz CT molecular complexity index is 418. The number of halogens is 1. The van der Waals surface area contributed by atoms with Gasteiger partial charge in [0.25, 0.3) is 0 Å². The van der Waals surface area contributed by atoms with E-state index in [4.69, 9.17) is 0 Å². The predicted molar refractivity (Wildman–Crippen MR) is 94.6 cm³/mol. The smallest absolute Gasteiger partial charge is 0.0332 e. The number of nitrogens with zero attached hydrogens (tertiary/aromatic N) is 1. The average molecular weight is 353 g/mol. The highest BCUT2D eigenvalue weighted by Gasteiger charge is 2.26. The Morgan fingerprint density at radius 2 is 2.00 bits per heavy atom. The Balaban J connectivity index is 1.94. The molecule has 0 aromatic heterocycles. The lowest BCUT2D eigenvalue weighted by Gasteiger charge is -2.25. The lowest BCUT2D eigenvalue weighted by molar-refractivity contribution is 0.248. The number of benzene rings is 1. The third-order valence-electron chi connectivity index (χ3n) is 4.53. The molecule has 0 saturated carbocycles. The molecule has 3 unspecified atom stereocenters. The van der Waals surface area contributed by atoms with E-state index >= 15 is 0 Å². The molecule has 1 N–H and O–H groups in total. The summed E-state index contributed by atoms with van der Waals surface area (Å²) in [4.78, 5) is 2.66. The van der Waals surface area contributed by atoms with Crippen LogP contribution in [0.15, 0.2) is 28.7 Å². The van der Waals surface area contributed by atoms with E-state index in [-0.39, 0.29) is 0 Å². The highest BCUT2D eigenvalue weighted by atomic mass is 79.9. The number of hydrogen-bond donors (Lipinski definition) is 1. The van der Waals surface area contributed by atoms with Gasteiger partial charge in [-0.3, -0.25) is 0 Å². The molecule has 2 nitrogen and oxygen atoms in total. The van der Waals surface area contributed by atoms with Crippen molar-refractivity contribution in [2.75, 3.05) is 19.6 Å². The third kappa shape index (κ3) is 5.08. The second kappa shape index (κ2) is 8.30. The van der Waals surface area contributed by atoms with Crippen molar-refractivity contribution in [3.63, 3.8) is 0 Å². The Kier molecular flexibility index (Phi) is 6.72. The van der Waals surface area contributed by atoms with Gasteiger partial charge < -0.3 is 10.2 Å². The molecule has 0 radical (unpaired) electrons. The van der Waals surface area contributed by atoms with Gasteiger partial charge in [-0.05, 0) is 56.3 Å². The van der Waals surface area contributed by atoms with Crippen LogP contribution < -0.4 is 5.32 Å². The summed E-state index contributed by atoms with van der Waals surface area (Å²) in [5.41, 5.74) is 1.41. The highest BCUT2D eigenvalue weighted by molar-refractivity contribution is 9.10. The number of likely N-dealkylation sites (tertiary alicyclic amines) is 1. The summed E-state index contributed by atoms with van der Waals surface area (Å²) < 4.78 is 1.16. The van der Waals surface area contributed by atoms with E-state index in [1.807, 2.05) is 0 Å². The third-order valence-corrected chi connectivity index (χ3v) is 5.06. The summed E-state index contributed by atoms with van der Waals surface area (Å²) >= 11 is 3.53. The molecule has 1 heterocycles. The maximum atomic E-state index is 3.71. The van der Waals surface area contributed by atoms with Crippen LogP contribution >= 0.6 is 15.9 Å². The van der Waals surface area contributed by atoms with E-state index in [0.29, 0.717) is 6.04 Å². The van der Waals surface area contributed by atoms with Crippen LogP contribution in [0.2, 0.25) is 0 Å². The molecule has 118 valence electrons. The number of hydrogen-bond acceptors (Lipinski definition) is 2. The van der Waals surface area contributed by atoms with Crippen LogP contribution in [-0.4, -0.2) is 30.6 Å². The maximum Gasteiger partial charge on any atom is 0.0332 e. The van der Waals surface area contributed by atoms with Crippen LogP contribution in [0.25, 0.3) is 0 Å². The quantitative estimate of drug-likeness (QED) is 0.770. The summed E-state index contributed by atoms with van der Waals surface area (Å²) in [6.45, 7) is 10.5. The summed E-state index contributed by atoms with van der Waals surface area (Å²) in [7, 11) is 0. The van der Waals surface area contributed by atoms with Crippen LogP contribution in [0.4, 0.5) is 0 Å². The molecule has 3 heteroatoms. The minimum absolute atomic E-state index is 0.473. The van der Waals surface area contributed by atoms with Crippen LogP contribution in [0.1, 0.15) is 51.6 Å². The Morgan fingerprint density at radius 3 is 2.57 bits per heavy atom. The summed E-state index contributed by atoms with van der Waals surface area (Å²) in [6.07, 6.45) is 3.73. The van der Waals surface area contributed by atoms with E-state index in [2.05, 4.69) is 71.2 Å². The summed E-state index contributed by atoms with van der Waals surface area (Å²) in [5.74, 6) is 0.856. The average Bonchev–Trinajstić information content (AvgIpc) is 2.78. The minimum Gasteiger partial charge on any atom is -0.310 e. The summed E-state index contributed by atoms with van der Waals surface area (Å²) in [6, 6.07) is 10.0. The van der Waals surface area contributed by atoms with E-state index in [9.17, 15) is 0 Å². The van der Waals surface area contributed by atoms with Crippen molar-refractivity contribution in [1.29, 1.82) is 0 Å². The van der Waals surface area contributed by atoms with Gasteiger partial charge in [-0.25, -0.2) is 0 Å². The van der Waals surface area contributed by atoms with Crippen LogP contribution in [0.5, 0.6) is 0 Å². The van der Waals surface area contributed by atoms with Gasteiger partial charge in [-0.2, -0.15) is 0 Å². The molecule has 1 aromatic rings. The largest absolute Gasteiger partial charge is 0.310 e. The number of rotatable bonds is 7. The molecule has 0 bridgehead atoms. The van der Waals surface area contributed by atoms with Crippen LogP contribution in [0, 0.1) is 5.92 Å². The zero-order valence-electron chi connectivity index (χ0n) is 13.6. The lowest BCUT2D eigenvalue weighted by Crippen LogP contribution is -2.32. The fourth-order valence-electron chi connectivity index (χ4n) is 3.39. The molecule has 2 rings (SSSR count). The molecule has 1 fully saturated rings. The van der Waals surface area contributed by atoms with Crippen molar-refractivity contribution in [2.45, 2.75) is 52.1 Å². The molecular formula is C18H29BrN2. The lowest BCUT2D eigenvalue weighted by atomic mass is 10.0. The van der Waals surface area contributed by atoms with Gasteiger partial charge >= 0.3 is 0 Å². The van der Waals surface area contributed by atoms with Gasteiger partial charge in [0.2, 0.25) is 0 Å². The SMILES string of the molecule is CCCNC(CCN1CC(C)CC1C)c1ccc(Br)cc1. The Hall–Kier alpha value is -0.380. The Morgan fingerprint density at radius 1 is 1.29 bits per heavy atom. The van der Waals surface area contributed by atoms with Crippen molar-refractivity contribution in [1.82, 2.24) is 10.2 Å². The van der Waals surface area contributed by atoms with Crippen molar-refractivity contribution < 1.29 is 0 Å². The second-order valence-electron chi connectivity index (χ2n) is 6.53. The fourth-order valence-corrected chi connectivity index (χ4v) is 3.66. The van der Waals surface area contributed by atoms with E-state index in [0.717, 1.165) is 23.0 Å². The zero-order chi connectivity index (χ0) is 15.2. The first-order chi connectivity index (χ1) is 10.1. The molecule has 1 aliphatic rings. The first-order valence-corrected chi connectivity index (χ1v) is 9.12. The van der Waals surface area contributed by atoms with Crippen LogP contribution in [0.3, 0.4) is 0 Å². The van der Waals surface area contributed by atoms with Gasteiger partial charge in [-0.15, -0.1) is 0 Å². The van der Waals surface area contributed by atoms with Crippen molar-refractivity contribution in [3.05, 3.63) is 34.3 Å². The second-order valence-corrected chi connectivity index (χ2v) is 7.45. The molecule has 1 saturated heterocycles. The van der Waals surface area contributed by atoms with Gasteiger partial charge in [0.1, 0.15) is 0 Å². The number of nitrogens with one attached hydrogen (secondary N) is 1.